The topological polar surface area (TPSA) is 78.3 Å². The Bertz CT molecular complexity index is 1000. The minimum Gasteiger partial charge on any atom is -0.494 e. The van der Waals surface area contributed by atoms with Crippen molar-refractivity contribution >= 4 is 23.4 Å². The molecule has 8 heteroatoms. The molecule has 0 saturated heterocycles. The van der Waals surface area contributed by atoms with Gasteiger partial charge in [0.15, 0.2) is 11.0 Å². The van der Waals surface area contributed by atoms with Crippen LogP contribution in [0.1, 0.15) is 45.0 Å². The minimum absolute atomic E-state index is 0.104. The number of aromatic nitrogens is 3. The van der Waals surface area contributed by atoms with Gasteiger partial charge >= 0.3 is 0 Å². The number of thioether (sulfide) groups is 1. The quantitative estimate of drug-likeness (QED) is 0.405. The van der Waals surface area contributed by atoms with Crippen LogP contribution in [0.4, 0.5) is 5.69 Å². The Kier molecular flexibility index (Phi) is 8.56. The van der Waals surface area contributed by atoms with E-state index in [-0.39, 0.29) is 11.7 Å². The van der Waals surface area contributed by atoms with Crippen molar-refractivity contribution in [1.82, 2.24) is 14.8 Å². The number of nitrogens with one attached hydrogen (secondary N) is 1. The van der Waals surface area contributed by atoms with Crippen molar-refractivity contribution < 1.29 is 14.3 Å². The molecule has 170 valence electrons. The second-order valence-corrected chi connectivity index (χ2v) is 8.39. The molecule has 0 aliphatic carbocycles. The van der Waals surface area contributed by atoms with Crippen LogP contribution in [0.25, 0.3) is 0 Å². The SMILES string of the molecule is CCOc1ccc(NC(=O)CSc2nnc(COc3ccc(C(C)C)cc3)n2CC)cc1. The number of rotatable bonds is 11. The summed E-state index contributed by atoms with van der Waals surface area (Å²) in [5.74, 6) is 2.93. The van der Waals surface area contributed by atoms with Crippen LogP contribution in [-0.2, 0) is 17.9 Å². The zero-order chi connectivity index (χ0) is 22.9. The van der Waals surface area contributed by atoms with Crippen molar-refractivity contribution in [2.75, 3.05) is 17.7 Å². The molecule has 2 aromatic carbocycles. The van der Waals surface area contributed by atoms with Gasteiger partial charge in [0.05, 0.1) is 12.4 Å². The van der Waals surface area contributed by atoms with Gasteiger partial charge in [0.2, 0.25) is 5.91 Å². The van der Waals surface area contributed by atoms with Crippen molar-refractivity contribution in [1.29, 1.82) is 0 Å². The molecular weight excluding hydrogens is 424 g/mol. The second kappa shape index (κ2) is 11.6. The van der Waals surface area contributed by atoms with Crippen LogP contribution in [0.5, 0.6) is 11.5 Å². The lowest BCUT2D eigenvalue weighted by Gasteiger charge is -2.10. The highest BCUT2D eigenvalue weighted by molar-refractivity contribution is 7.99. The summed E-state index contributed by atoms with van der Waals surface area (Å²) in [6.45, 7) is 9.91. The molecule has 0 aliphatic rings. The lowest BCUT2D eigenvalue weighted by molar-refractivity contribution is -0.113. The molecule has 32 heavy (non-hydrogen) atoms. The Morgan fingerprint density at radius 3 is 2.28 bits per heavy atom. The highest BCUT2D eigenvalue weighted by Crippen LogP contribution is 2.22. The molecule has 0 spiro atoms. The number of carbonyl (C=O) groups excluding carboxylic acids is 1. The predicted molar refractivity (Wildman–Crippen MR) is 128 cm³/mol. The van der Waals surface area contributed by atoms with E-state index in [0.29, 0.717) is 30.8 Å². The third-order valence-electron chi connectivity index (χ3n) is 4.81. The van der Waals surface area contributed by atoms with E-state index in [1.807, 2.05) is 54.8 Å². The molecule has 0 bridgehead atoms. The molecule has 0 fully saturated rings. The van der Waals surface area contributed by atoms with Crippen LogP contribution in [0.2, 0.25) is 0 Å². The third-order valence-corrected chi connectivity index (χ3v) is 5.77. The molecule has 0 atom stereocenters. The van der Waals surface area contributed by atoms with Gasteiger partial charge < -0.3 is 19.4 Å². The summed E-state index contributed by atoms with van der Waals surface area (Å²) in [5, 5.41) is 12.1. The first-order chi connectivity index (χ1) is 15.5. The third kappa shape index (κ3) is 6.50. The van der Waals surface area contributed by atoms with Gasteiger partial charge in [-0.15, -0.1) is 10.2 Å². The lowest BCUT2D eigenvalue weighted by atomic mass is 10.0. The number of amides is 1. The van der Waals surface area contributed by atoms with Gasteiger partial charge in [0, 0.05) is 12.2 Å². The van der Waals surface area contributed by atoms with Gasteiger partial charge in [0.1, 0.15) is 18.1 Å². The first-order valence-electron chi connectivity index (χ1n) is 10.8. The van der Waals surface area contributed by atoms with Crippen molar-refractivity contribution in [3.63, 3.8) is 0 Å². The van der Waals surface area contributed by atoms with Crippen LogP contribution < -0.4 is 14.8 Å². The molecule has 1 N–H and O–H groups in total. The van der Waals surface area contributed by atoms with E-state index >= 15 is 0 Å². The Hall–Kier alpha value is -3.00. The average molecular weight is 455 g/mol. The van der Waals surface area contributed by atoms with Gasteiger partial charge in [-0.2, -0.15) is 0 Å². The minimum atomic E-state index is -0.104. The number of anilines is 1. The van der Waals surface area contributed by atoms with Gasteiger partial charge in [0.25, 0.3) is 0 Å². The van der Waals surface area contributed by atoms with Crippen LogP contribution in [0.3, 0.4) is 0 Å². The Morgan fingerprint density at radius 2 is 1.66 bits per heavy atom. The van der Waals surface area contributed by atoms with Crippen molar-refractivity contribution in [3.05, 3.63) is 59.9 Å². The first kappa shape index (κ1) is 23.7. The Balaban J connectivity index is 1.53. The average Bonchev–Trinajstić information content (AvgIpc) is 3.20. The highest BCUT2D eigenvalue weighted by atomic mass is 32.2. The molecule has 3 rings (SSSR count). The standard InChI is InChI=1S/C24H30N4O3S/c1-5-28-22(15-31-21-11-7-18(8-12-21)17(3)4)26-27-24(28)32-16-23(29)25-19-9-13-20(14-10-19)30-6-2/h7-14,17H,5-6,15-16H2,1-4H3,(H,25,29). The zero-order valence-corrected chi connectivity index (χ0v) is 19.8. The zero-order valence-electron chi connectivity index (χ0n) is 19.0. The fraction of sp³-hybridized carbons (Fsp3) is 0.375. The van der Waals surface area contributed by atoms with Gasteiger partial charge in [-0.1, -0.05) is 37.7 Å². The summed E-state index contributed by atoms with van der Waals surface area (Å²) in [6.07, 6.45) is 0. The second-order valence-electron chi connectivity index (χ2n) is 7.45. The summed E-state index contributed by atoms with van der Waals surface area (Å²) in [5.41, 5.74) is 2.00. The number of nitrogens with zero attached hydrogens (tertiary/aromatic N) is 3. The fourth-order valence-electron chi connectivity index (χ4n) is 3.08. The van der Waals surface area contributed by atoms with E-state index in [9.17, 15) is 4.79 Å². The molecule has 1 amide bonds. The van der Waals surface area contributed by atoms with E-state index in [4.69, 9.17) is 9.47 Å². The fourth-order valence-corrected chi connectivity index (χ4v) is 3.90. The maximum Gasteiger partial charge on any atom is 0.234 e. The van der Waals surface area contributed by atoms with Gasteiger partial charge in [-0.25, -0.2) is 0 Å². The number of benzene rings is 2. The van der Waals surface area contributed by atoms with Crippen molar-refractivity contribution in [3.8, 4) is 11.5 Å². The van der Waals surface area contributed by atoms with E-state index in [2.05, 4.69) is 41.5 Å². The molecule has 7 nitrogen and oxygen atoms in total. The molecule has 0 aliphatic heterocycles. The summed E-state index contributed by atoms with van der Waals surface area (Å²) in [4.78, 5) is 12.3. The van der Waals surface area contributed by atoms with E-state index in [1.165, 1.54) is 17.3 Å². The summed E-state index contributed by atoms with van der Waals surface area (Å²) >= 11 is 1.35. The molecule has 3 aromatic rings. The van der Waals surface area contributed by atoms with E-state index < -0.39 is 0 Å². The summed E-state index contributed by atoms with van der Waals surface area (Å²) in [6, 6.07) is 15.4. The molecule has 1 heterocycles. The van der Waals surface area contributed by atoms with E-state index in [0.717, 1.165) is 23.0 Å². The number of hydrogen-bond donors (Lipinski definition) is 1. The van der Waals surface area contributed by atoms with Gasteiger partial charge in [-0.3, -0.25) is 4.79 Å². The largest absolute Gasteiger partial charge is 0.494 e. The van der Waals surface area contributed by atoms with Gasteiger partial charge in [-0.05, 0) is 61.7 Å². The number of hydrogen-bond acceptors (Lipinski definition) is 6. The molecule has 1 aromatic heterocycles. The van der Waals surface area contributed by atoms with Crippen LogP contribution >= 0.6 is 11.8 Å². The smallest absolute Gasteiger partial charge is 0.234 e. The molecule has 0 unspecified atom stereocenters. The van der Waals surface area contributed by atoms with E-state index in [1.54, 1.807) is 0 Å². The monoisotopic (exact) mass is 454 g/mol. The summed E-state index contributed by atoms with van der Waals surface area (Å²) in [7, 11) is 0. The maximum atomic E-state index is 12.3. The maximum absolute atomic E-state index is 12.3. The molecular formula is C24H30N4O3S. The van der Waals surface area contributed by atoms with Crippen LogP contribution in [0.15, 0.2) is 53.7 Å². The summed E-state index contributed by atoms with van der Waals surface area (Å²) < 4.78 is 13.3. The predicted octanol–water partition coefficient (Wildman–Crippen LogP) is 5.13. The first-order valence-corrected chi connectivity index (χ1v) is 11.8. The number of carbonyl (C=O) groups is 1. The number of ether oxygens (including phenoxy) is 2. The van der Waals surface area contributed by atoms with Crippen LogP contribution in [-0.4, -0.2) is 33.0 Å². The molecule has 0 radical (unpaired) electrons. The highest BCUT2D eigenvalue weighted by Gasteiger charge is 2.14. The van der Waals surface area contributed by atoms with Crippen molar-refractivity contribution in [2.24, 2.45) is 0 Å². The Morgan fingerprint density at radius 1 is 1.00 bits per heavy atom. The Labute approximate surface area is 193 Å². The normalized spacial score (nSPS) is 10.9. The van der Waals surface area contributed by atoms with Crippen molar-refractivity contribution in [2.45, 2.75) is 51.9 Å². The van der Waals surface area contributed by atoms with Crippen LogP contribution in [0, 0.1) is 0 Å². The molecule has 0 saturated carbocycles. The lowest BCUT2D eigenvalue weighted by Crippen LogP contribution is -2.15.